The number of aryl methyl sites for hydroxylation is 1. The molecule has 1 saturated carbocycles. The lowest BCUT2D eigenvalue weighted by Gasteiger charge is -2.25. The van der Waals surface area contributed by atoms with Crippen molar-refractivity contribution in [3.8, 4) is 17.6 Å². The third-order valence-electron chi connectivity index (χ3n) is 5.29. The highest BCUT2D eigenvalue weighted by Crippen LogP contribution is 2.48. The van der Waals surface area contributed by atoms with Crippen LogP contribution in [0.3, 0.4) is 0 Å². The molecule has 2 N–H and O–H groups in total. The molecular weight excluding hydrogens is 354 g/mol. The molecule has 1 aliphatic carbocycles. The van der Waals surface area contributed by atoms with Gasteiger partial charge in [-0.3, -0.25) is 0 Å². The van der Waals surface area contributed by atoms with E-state index >= 15 is 0 Å². The fourth-order valence-corrected chi connectivity index (χ4v) is 3.76. The van der Waals surface area contributed by atoms with E-state index in [1.54, 1.807) is 11.0 Å². The van der Waals surface area contributed by atoms with Crippen molar-refractivity contribution in [3.05, 3.63) is 65.2 Å². The van der Waals surface area contributed by atoms with Crippen LogP contribution in [0.15, 0.2) is 48.4 Å². The van der Waals surface area contributed by atoms with Crippen molar-refractivity contribution in [3.63, 3.8) is 0 Å². The Labute approximate surface area is 161 Å². The van der Waals surface area contributed by atoms with Crippen molar-refractivity contribution in [2.24, 2.45) is 5.73 Å². The first-order valence-corrected chi connectivity index (χ1v) is 9.35. The van der Waals surface area contributed by atoms with E-state index in [9.17, 15) is 5.26 Å². The molecule has 28 heavy (non-hydrogen) atoms. The van der Waals surface area contributed by atoms with Crippen LogP contribution in [0.4, 0.5) is 0 Å². The maximum Gasteiger partial charge on any atom is 0.224 e. The van der Waals surface area contributed by atoms with Crippen molar-refractivity contribution >= 4 is 0 Å². The highest BCUT2D eigenvalue weighted by atomic mass is 16.5. The Morgan fingerprint density at radius 1 is 1.29 bits per heavy atom. The number of fused-ring (bicyclic) bond motifs is 1. The van der Waals surface area contributed by atoms with Gasteiger partial charge in [-0.2, -0.15) is 15.5 Å². The van der Waals surface area contributed by atoms with Crippen molar-refractivity contribution < 1.29 is 4.74 Å². The van der Waals surface area contributed by atoms with Gasteiger partial charge in [-0.15, -0.1) is 0 Å². The molecule has 1 atom stereocenters. The minimum Gasteiger partial charge on any atom is -0.422 e. The van der Waals surface area contributed by atoms with Gasteiger partial charge >= 0.3 is 0 Å². The topological polar surface area (TPSA) is 108 Å². The van der Waals surface area contributed by atoms with Crippen LogP contribution in [-0.4, -0.2) is 24.5 Å². The highest BCUT2D eigenvalue weighted by molar-refractivity contribution is 5.56. The average molecular weight is 373 g/mol. The molecule has 140 valence electrons. The van der Waals surface area contributed by atoms with Gasteiger partial charge in [0.05, 0.1) is 28.9 Å². The van der Waals surface area contributed by atoms with Gasteiger partial charge < -0.3 is 10.5 Å². The number of hydrogen-bond donors (Lipinski definition) is 1. The summed E-state index contributed by atoms with van der Waals surface area (Å²) in [6.45, 7) is 2.07. The van der Waals surface area contributed by atoms with Crippen LogP contribution >= 0.6 is 0 Å². The second-order valence-electron chi connectivity index (χ2n) is 7.05. The van der Waals surface area contributed by atoms with Gasteiger partial charge in [0.2, 0.25) is 11.8 Å². The van der Waals surface area contributed by atoms with Crippen LogP contribution in [0, 0.1) is 11.3 Å². The molecule has 3 aromatic rings. The Morgan fingerprint density at radius 2 is 2.07 bits per heavy atom. The molecule has 8 heteroatoms. The molecular formula is C20H19N7O. The molecule has 1 fully saturated rings. The smallest absolute Gasteiger partial charge is 0.224 e. The summed E-state index contributed by atoms with van der Waals surface area (Å²) in [5.41, 5.74) is 10.3. The zero-order chi connectivity index (χ0) is 19.3. The van der Waals surface area contributed by atoms with Crippen molar-refractivity contribution in [2.75, 3.05) is 0 Å². The van der Waals surface area contributed by atoms with Crippen LogP contribution < -0.4 is 10.5 Å². The number of ether oxygens (including phenoxy) is 1. The van der Waals surface area contributed by atoms with Gasteiger partial charge in [-0.05, 0) is 37.0 Å². The Morgan fingerprint density at radius 3 is 2.68 bits per heavy atom. The number of aromatic nitrogens is 5. The number of allylic oxidation sites excluding steroid dienone is 1. The van der Waals surface area contributed by atoms with Crippen molar-refractivity contribution in [1.82, 2.24) is 24.5 Å². The Hall–Kier alpha value is -3.60. The van der Waals surface area contributed by atoms with Crippen LogP contribution in [0.1, 0.15) is 48.5 Å². The summed E-state index contributed by atoms with van der Waals surface area (Å²) in [5.74, 6) is 0.548. The summed E-state index contributed by atoms with van der Waals surface area (Å²) in [7, 11) is 0. The molecule has 2 aromatic heterocycles. The monoisotopic (exact) mass is 373 g/mol. The zero-order valence-electron chi connectivity index (χ0n) is 15.4. The molecule has 1 aromatic carbocycles. The number of hydrogen-bond acceptors (Lipinski definition) is 6. The van der Waals surface area contributed by atoms with Gasteiger partial charge in [-0.25, -0.2) is 14.3 Å². The molecule has 0 saturated heterocycles. The summed E-state index contributed by atoms with van der Waals surface area (Å²) in [6, 6.07) is 10.5. The standard InChI is InChI=1S/C20H19N7O/c1-2-16-18-17(12-3-5-13(6-4-12)26-11-23-10-24-26)15(9-21)19(22)28-20(18)27(25-16)14-7-8-14/h3-6,10-11,14,17H,2,7-8,22H2,1H3. The number of benzene rings is 1. The number of nitrogens with zero attached hydrogens (tertiary/aromatic N) is 6. The molecule has 1 unspecified atom stereocenters. The van der Waals surface area contributed by atoms with Gasteiger partial charge in [0.25, 0.3) is 0 Å². The second kappa shape index (κ2) is 6.23. The molecule has 0 radical (unpaired) electrons. The molecule has 8 nitrogen and oxygen atoms in total. The predicted octanol–water partition coefficient (Wildman–Crippen LogP) is 2.58. The number of nitriles is 1. The number of rotatable bonds is 4. The summed E-state index contributed by atoms with van der Waals surface area (Å²) < 4.78 is 9.54. The SMILES string of the molecule is CCc1nn(C2CC2)c2c1C(c1ccc(-n3cncn3)cc1)C(C#N)=C(N)O2. The van der Waals surface area contributed by atoms with E-state index in [2.05, 4.69) is 23.1 Å². The van der Waals surface area contributed by atoms with E-state index in [0.29, 0.717) is 17.5 Å². The Kier molecular flexibility index (Phi) is 3.69. The van der Waals surface area contributed by atoms with Crippen molar-refractivity contribution in [2.45, 2.75) is 38.1 Å². The molecule has 0 spiro atoms. The molecule has 2 aliphatic rings. The van der Waals surface area contributed by atoms with Gasteiger partial charge in [0.15, 0.2) is 0 Å². The van der Waals surface area contributed by atoms with Crippen LogP contribution in [0.2, 0.25) is 0 Å². The summed E-state index contributed by atoms with van der Waals surface area (Å²) in [6.07, 6.45) is 6.08. The first kappa shape index (κ1) is 16.6. The van der Waals surface area contributed by atoms with E-state index in [-0.39, 0.29) is 11.8 Å². The van der Waals surface area contributed by atoms with Gasteiger partial charge in [-0.1, -0.05) is 19.1 Å². The fraction of sp³-hybridized carbons (Fsp3) is 0.300. The maximum absolute atomic E-state index is 9.80. The number of nitrogens with two attached hydrogens (primary N) is 1. The van der Waals surface area contributed by atoms with Gasteiger partial charge in [0.1, 0.15) is 24.3 Å². The molecule has 5 rings (SSSR count). The van der Waals surface area contributed by atoms with Gasteiger partial charge in [0, 0.05) is 0 Å². The lowest BCUT2D eigenvalue weighted by Crippen LogP contribution is -2.22. The van der Waals surface area contributed by atoms with E-state index in [0.717, 1.165) is 41.8 Å². The minimum atomic E-state index is -0.291. The predicted molar refractivity (Wildman–Crippen MR) is 101 cm³/mol. The quantitative estimate of drug-likeness (QED) is 0.753. The highest BCUT2D eigenvalue weighted by Gasteiger charge is 2.39. The fourth-order valence-electron chi connectivity index (χ4n) is 3.76. The van der Waals surface area contributed by atoms with Crippen LogP contribution in [-0.2, 0) is 6.42 Å². The lowest BCUT2D eigenvalue weighted by molar-refractivity contribution is 0.347. The minimum absolute atomic E-state index is 0.157. The van der Waals surface area contributed by atoms with Crippen molar-refractivity contribution in [1.29, 1.82) is 5.26 Å². The molecule has 3 heterocycles. The molecule has 0 amide bonds. The second-order valence-corrected chi connectivity index (χ2v) is 7.05. The largest absolute Gasteiger partial charge is 0.422 e. The first-order chi connectivity index (χ1) is 13.7. The average Bonchev–Trinajstić information content (AvgIpc) is 3.28. The molecule has 1 aliphatic heterocycles. The Balaban J connectivity index is 1.65. The van der Waals surface area contributed by atoms with E-state index in [1.165, 1.54) is 6.33 Å². The third kappa shape index (κ3) is 2.47. The van der Waals surface area contributed by atoms with Crippen LogP contribution in [0.5, 0.6) is 5.88 Å². The molecule has 0 bridgehead atoms. The Bertz CT molecular complexity index is 1100. The van der Waals surface area contributed by atoms with Crippen LogP contribution in [0.25, 0.3) is 5.69 Å². The first-order valence-electron chi connectivity index (χ1n) is 9.35. The normalized spacial score (nSPS) is 18.5. The lowest BCUT2D eigenvalue weighted by atomic mass is 9.83. The third-order valence-corrected chi connectivity index (χ3v) is 5.29. The van der Waals surface area contributed by atoms with E-state index < -0.39 is 0 Å². The maximum atomic E-state index is 9.80. The summed E-state index contributed by atoms with van der Waals surface area (Å²) >= 11 is 0. The van der Waals surface area contributed by atoms with E-state index in [1.807, 2.05) is 28.9 Å². The van der Waals surface area contributed by atoms with E-state index in [4.69, 9.17) is 15.6 Å². The zero-order valence-corrected chi connectivity index (χ0v) is 15.4. The summed E-state index contributed by atoms with van der Waals surface area (Å²) in [4.78, 5) is 3.98. The summed E-state index contributed by atoms with van der Waals surface area (Å²) in [5, 5.41) is 18.7.